The van der Waals surface area contributed by atoms with Crippen molar-refractivity contribution < 1.29 is 31.2 Å². The van der Waals surface area contributed by atoms with Crippen molar-refractivity contribution in [1.82, 2.24) is 34.4 Å². The number of halogens is 5. The molecule has 0 aliphatic carbocycles. The largest absolute Gasteiger partial charge is 0.458 e. The minimum atomic E-state index is -5.62. The van der Waals surface area contributed by atoms with Gasteiger partial charge in [-0.05, 0) is 31.9 Å². The number of amides is 1. The molecule has 11 nitrogen and oxygen atoms in total. The fourth-order valence-corrected chi connectivity index (χ4v) is 4.55. The monoisotopic (exact) mass is 529 g/mol. The lowest BCUT2D eigenvalue weighted by atomic mass is 10.1. The molecule has 1 atom stereocenters. The zero-order valence-corrected chi connectivity index (χ0v) is 19.8. The molecule has 3 aromatic rings. The highest BCUT2D eigenvalue weighted by Crippen LogP contribution is 2.36. The molecule has 0 radical (unpaired) electrons. The van der Waals surface area contributed by atoms with Crippen molar-refractivity contribution >= 4 is 23.6 Å². The zero-order valence-electron chi connectivity index (χ0n) is 19.8. The highest BCUT2D eigenvalue weighted by molar-refractivity contribution is 5.85. The van der Waals surface area contributed by atoms with Crippen molar-refractivity contribution in [3.05, 3.63) is 17.9 Å². The second-order valence-corrected chi connectivity index (χ2v) is 9.09. The van der Waals surface area contributed by atoms with Crippen molar-refractivity contribution in [3.8, 4) is 11.6 Å². The third-order valence-electron chi connectivity index (χ3n) is 6.50. The summed E-state index contributed by atoms with van der Waals surface area (Å²) < 4.78 is 71.2. The Morgan fingerprint density at radius 1 is 1.08 bits per heavy atom. The molecular weight excluding hydrogens is 505 g/mol. The summed E-state index contributed by atoms with van der Waals surface area (Å²) in [6.07, 6.45) is -4.44. The SMILES string of the molecule is Cc1ccc(-c2nc3nc(N4CCC[C@H]4C(=O)N4CCN(CC(F)(F)C(F)(F)F)CC4)nc(N)n3n2)o1. The molecule has 2 N–H and O–H groups in total. The van der Waals surface area contributed by atoms with Gasteiger partial charge in [-0.1, -0.05) is 0 Å². The van der Waals surface area contributed by atoms with Crippen molar-refractivity contribution in [3.63, 3.8) is 0 Å². The van der Waals surface area contributed by atoms with Crippen molar-refractivity contribution in [2.45, 2.75) is 37.9 Å². The van der Waals surface area contributed by atoms with E-state index in [1.807, 2.05) is 0 Å². The van der Waals surface area contributed by atoms with Crippen LogP contribution >= 0.6 is 0 Å². The average molecular weight is 529 g/mol. The molecule has 0 bridgehead atoms. The molecule has 1 amide bonds. The Labute approximate surface area is 207 Å². The van der Waals surface area contributed by atoms with Crippen LogP contribution in [-0.2, 0) is 4.79 Å². The molecule has 2 aliphatic rings. The predicted octanol–water partition coefficient (Wildman–Crippen LogP) is 1.98. The molecule has 2 fully saturated rings. The number of hydrogen-bond acceptors (Lipinski definition) is 9. The van der Waals surface area contributed by atoms with Gasteiger partial charge in [-0.25, -0.2) is 0 Å². The molecular formula is C21H24F5N9O2. The van der Waals surface area contributed by atoms with E-state index in [9.17, 15) is 26.7 Å². The smallest absolute Gasteiger partial charge is 0.454 e. The van der Waals surface area contributed by atoms with Crippen molar-refractivity contribution in [1.29, 1.82) is 0 Å². The van der Waals surface area contributed by atoms with Gasteiger partial charge in [0.05, 0.1) is 6.54 Å². The second-order valence-electron chi connectivity index (χ2n) is 9.09. The topological polar surface area (TPSA) is 122 Å². The van der Waals surface area contributed by atoms with Gasteiger partial charge < -0.3 is 20.0 Å². The Bertz CT molecular complexity index is 1300. The lowest BCUT2D eigenvalue weighted by molar-refractivity contribution is -0.287. The molecule has 2 saturated heterocycles. The third kappa shape index (κ3) is 4.76. The lowest BCUT2D eigenvalue weighted by Gasteiger charge is -2.38. The van der Waals surface area contributed by atoms with Crippen LogP contribution in [0.25, 0.3) is 17.4 Å². The molecule has 5 heterocycles. The number of carbonyl (C=O) groups excluding carboxylic acids is 1. The maximum absolute atomic E-state index is 13.4. The highest BCUT2D eigenvalue weighted by Gasteiger charge is 2.58. The second kappa shape index (κ2) is 9.08. The number of hydrogen-bond donors (Lipinski definition) is 1. The number of carbonyl (C=O) groups is 1. The fraction of sp³-hybridized carbons (Fsp3) is 0.571. The van der Waals surface area contributed by atoms with Crippen LogP contribution in [0.15, 0.2) is 16.5 Å². The van der Waals surface area contributed by atoms with Crippen LogP contribution < -0.4 is 10.6 Å². The fourth-order valence-electron chi connectivity index (χ4n) is 4.55. The van der Waals surface area contributed by atoms with E-state index in [0.717, 1.165) is 4.90 Å². The Balaban J connectivity index is 1.29. The zero-order chi connectivity index (χ0) is 26.5. The molecule has 5 rings (SSSR count). The van der Waals surface area contributed by atoms with E-state index in [1.54, 1.807) is 24.0 Å². The van der Waals surface area contributed by atoms with Gasteiger partial charge in [0.25, 0.3) is 5.78 Å². The molecule has 2 aliphatic heterocycles. The first-order chi connectivity index (χ1) is 17.4. The summed E-state index contributed by atoms with van der Waals surface area (Å²) in [6, 6.07) is 2.86. The molecule has 200 valence electrons. The van der Waals surface area contributed by atoms with Crippen LogP contribution in [0.3, 0.4) is 0 Å². The first-order valence-corrected chi connectivity index (χ1v) is 11.6. The van der Waals surface area contributed by atoms with Gasteiger partial charge in [-0.2, -0.15) is 41.4 Å². The number of fused-ring (bicyclic) bond motifs is 1. The average Bonchev–Trinajstić information content (AvgIpc) is 3.57. The summed E-state index contributed by atoms with van der Waals surface area (Å²) in [5.74, 6) is -3.31. The molecule has 3 aromatic heterocycles. The van der Waals surface area contributed by atoms with Crippen LogP contribution in [0.5, 0.6) is 0 Å². The first kappa shape index (κ1) is 25.1. The summed E-state index contributed by atoms with van der Waals surface area (Å²) >= 11 is 0. The van der Waals surface area contributed by atoms with E-state index in [1.165, 1.54) is 9.42 Å². The normalized spacial score (nSPS) is 19.8. The van der Waals surface area contributed by atoms with Gasteiger partial charge in [-0.15, -0.1) is 5.10 Å². The number of rotatable bonds is 5. The number of nitrogens with two attached hydrogens (primary N) is 1. The lowest BCUT2D eigenvalue weighted by Crippen LogP contribution is -2.57. The number of nitrogen functional groups attached to an aromatic ring is 1. The minimum Gasteiger partial charge on any atom is -0.458 e. The number of furan rings is 1. The number of aromatic nitrogens is 5. The number of piperazine rings is 1. The third-order valence-corrected chi connectivity index (χ3v) is 6.50. The van der Waals surface area contributed by atoms with Gasteiger partial charge in [0.2, 0.25) is 23.6 Å². The Kier molecular flexibility index (Phi) is 6.16. The number of nitrogens with zero attached hydrogens (tertiary/aromatic N) is 8. The molecule has 0 spiro atoms. The summed E-state index contributed by atoms with van der Waals surface area (Å²) in [6.45, 7) is 0.724. The summed E-state index contributed by atoms with van der Waals surface area (Å²) in [4.78, 5) is 30.6. The van der Waals surface area contributed by atoms with E-state index in [-0.39, 0.29) is 55.6 Å². The van der Waals surface area contributed by atoms with Crippen LogP contribution in [0, 0.1) is 6.92 Å². The van der Waals surface area contributed by atoms with E-state index >= 15 is 0 Å². The Morgan fingerprint density at radius 3 is 2.46 bits per heavy atom. The van der Waals surface area contributed by atoms with Gasteiger partial charge in [-0.3, -0.25) is 9.69 Å². The van der Waals surface area contributed by atoms with Gasteiger partial charge >= 0.3 is 12.1 Å². The van der Waals surface area contributed by atoms with Crippen molar-refractivity contribution in [2.24, 2.45) is 0 Å². The van der Waals surface area contributed by atoms with Gasteiger partial charge in [0.1, 0.15) is 11.8 Å². The maximum atomic E-state index is 13.4. The van der Waals surface area contributed by atoms with Crippen molar-refractivity contribution in [2.75, 3.05) is 49.9 Å². The number of anilines is 2. The molecule has 0 aromatic carbocycles. The van der Waals surface area contributed by atoms with Gasteiger partial charge in [0, 0.05) is 32.7 Å². The van der Waals surface area contributed by atoms with E-state index < -0.39 is 24.7 Å². The Morgan fingerprint density at radius 2 is 1.81 bits per heavy atom. The summed E-state index contributed by atoms with van der Waals surface area (Å²) in [5.41, 5.74) is 6.09. The molecule has 0 unspecified atom stereocenters. The van der Waals surface area contributed by atoms with Crippen LogP contribution in [-0.4, -0.2) is 97.7 Å². The summed E-state index contributed by atoms with van der Waals surface area (Å²) in [5, 5.41) is 4.28. The molecule has 37 heavy (non-hydrogen) atoms. The van der Waals surface area contributed by atoms with Gasteiger partial charge in [0.15, 0.2) is 5.76 Å². The predicted molar refractivity (Wildman–Crippen MR) is 120 cm³/mol. The van der Waals surface area contributed by atoms with Crippen LogP contribution in [0.1, 0.15) is 18.6 Å². The number of aryl methyl sites for hydroxylation is 1. The van der Waals surface area contributed by atoms with Crippen LogP contribution in [0.4, 0.5) is 33.8 Å². The van der Waals surface area contributed by atoms with E-state index in [2.05, 4.69) is 20.1 Å². The maximum Gasteiger partial charge on any atom is 0.454 e. The quantitative estimate of drug-likeness (QED) is 0.495. The number of alkyl halides is 5. The molecule has 16 heteroatoms. The van der Waals surface area contributed by atoms with E-state index in [0.29, 0.717) is 30.9 Å². The van der Waals surface area contributed by atoms with Crippen LogP contribution in [0.2, 0.25) is 0 Å². The Hall–Kier alpha value is -3.56. The highest BCUT2D eigenvalue weighted by atomic mass is 19.4. The first-order valence-electron chi connectivity index (χ1n) is 11.6. The summed E-state index contributed by atoms with van der Waals surface area (Å²) in [7, 11) is 0. The molecule has 0 saturated carbocycles. The standard InChI is InChI=1S/C21H24F5N9O2/c1-12-4-5-14(37-12)15-28-19-30-18(29-17(27)35(19)31-15)34-6-2-3-13(34)16(36)33-9-7-32(8-10-33)11-20(22,23)21(24,25)26/h4-5,13H,2-3,6-11H2,1H3,(H2,27,28,29,30,31)/t13-/m0/s1. The minimum absolute atomic E-state index is 0.0133. The van der Waals surface area contributed by atoms with E-state index in [4.69, 9.17) is 10.2 Å².